The molecule has 0 fully saturated rings. The van der Waals surface area contributed by atoms with Crippen LogP contribution in [0.1, 0.15) is 61.1 Å². The number of hydrogen-bond acceptors (Lipinski definition) is 7. The largest absolute Gasteiger partial charge is 0.487 e. The molecular formula is C49H55N3O6. The molecule has 0 unspecified atom stereocenters. The number of aryl methyl sites for hydroxylation is 3. The van der Waals surface area contributed by atoms with Crippen LogP contribution in [0, 0.1) is 20.8 Å². The molecule has 302 valence electrons. The highest BCUT2D eigenvalue weighted by molar-refractivity contribution is 5.90. The Morgan fingerprint density at radius 3 is 1.28 bits per heavy atom. The minimum Gasteiger partial charge on any atom is -0.487 e. The molecule has 58 heavy (non-hydrogen) atoms. The van der Waals surface area contributed by atoms with Gasteiger partial charge < -0.3 is 30.0 Å². The Labute approximate surface area is 343 Å². The van der Waals surface area contributed by atoms with Gasteiger partial charge in [-0.05, 0) is 111 Å². The van der Waals surface area contributed by atoms with E-state index in [4.69, 9.17) is 24.7 Å². The first-order chi connectivity index (χ1) is 27.7. The normalized spacial score (nSPS) is 10.4. The Bertz CT molecular complexity index is 2190. The number of anilines is 3. The third kappa shape index (κ3) is 16.2. The van der Waals surface area contributed by atoms with Crippen molar-refractivity contribution in [3.63, 3.8) is 0 Å². The summed E-state index contributed by atoms with van der Waals surface area (Å²) in [6, 6.07) is 47.1. The van der Waals surface area contributed by atoms with Gasteiger partial charge in [-0.3, -0.25) is 10.1 Å². The minimum absolute atomic E-state index is 0.103. The van der Waals surface area contributed by atoms with Crippen LogP contribution >= 0.6 is 0 Å². The van der Waals surface area contributed by atoms with Crippen LogP contribution < -0.4 is 30.6 Å². The summed E-state index contributed by atoms with van der Waals surface area (Å²) in [5, 5.41) is 5.52. The van der Waals surface area contributed by atoms with Gasteiger partial charge in [-0.2, -0.15) is 0 Å². The highest BCUT2D eigenvalue weighted by atomic mass is 16.6. The Morgan fingerprint density at radius 2 is 0.879 bits per heavy atom. The number of nitrogens with two attached hydrogens (primary N) is 1. The van der Waals surface area contributed by atoms with E-state index in [1.165, 1.54) is 6.92 Å². The fourth-order valence-corrected chi connectivity index (χ4v) is 5.28. The summed E-state index contributed by atoms with van der Waals surface area (Å²) in [5.41, 5.74) is 13.9. The number of hydrogen-bond donors (Lipinski definition) is 3. The molecule has 0 spiro atoms. The molecule has 9 heteroatoms. The number of rotatable bonds is 11. The molecule has 0 aliphatic heterocycles. The molecule has 0 aliphatic carbocycles. The highest BCUT2D eigenvalue weighted by Crippen LogP contribution is 2.28. The summed E-state index contributed by atoms with van der Waals surface area (Å²) in [7, 11) is 0. The quantitative estimate of drug-likeness (QED) is 0.112. The lowest BCUT2D eigenvalue weighted by Crippen LogP contribution is -2.27. The van der Waals surface area contributed by atoms with Crippen LogP contribution in [-0.2, 0) is 29.4 Å². The van der Waals surface area contributed by atoms with Crippen LogP contribution in [0.15, 0.2) is 146 Å². The van der Waals surface area contributed by atoms with E-state index < -0.39 is 11.7 Å². The molecule has 0 saturated carbocycles. The molecule has 4 N–H and O–H groups in total. The van der Waals surface area contributed by atoms with Crippen molar-refractivity contribution in [2.24, 2.45) is 0 Å². The van der Waals surface area contributed by atoms with Crippen LogP contribution in [0.4, 0.5) is 21.9 Å². The first kappa shape index (κ1) is 44.0. The molecule has 0 radical (unpaired) electrons. The van der Waals surface area contributed by atoms with Gasteiger partial charge in [0.25, 0.3) is 0 Å². The average molecular weight is 782 g/mol. The lowest BCUT2D eigenvalue weighted by molar-refractivity contribution is -0.114. The molecule has 0 saturated heterocycles. The van der Waals surface area contributed by atoms with Crippen LogP contribution in [0.3, 0.4) is 0 Å². The zero-order valence-corrected chi connectivity index (χ0v) is 34.5. The molecule has 0 aromatic heterocycles. The predicted octanol–water partition coefficient (Wildman–Crippen LogP) is 11.6. The van der Waals surface area contributed by atoms with Crippen molar-refractivity contribution in [2.45, 2.75) is 73.9 Å². The van der Waals surface area contributed by atoms with Crippen molar-refractivity contribution in [1.29, 1.82) is 0 Å². The van der Waals surface area contributed by atoms with E-state index in [2.05, 4.69) is 10.6 Å². The topological polar surface area (TPSA) is 121 Å². The van der Waals surface area contributed by atoms with Crippen molar-refractivity contribution >= 4 is 29.1 Å². The summed E-state index contributed by atoms with van der Waals surface area (Å²) in [6.45, 7) is 14.4. The summed E-state index contributed by atoms with van der Waals surface area (Å²) < 4.78 is 22.6. The highest BCUT2D eigenvalue weighted by Gasteiger charge is 2.18. The third-order valence-corrected chi connectivity index (χ3v) is 8.10. The summed E-state index contributed by atoms with van der Waals surface area (Å²) in [5.74, 6) is 1.97. The fourth-order valence-electron chi connectivity index (χ4n) is 5.28. The maximum absolute atomic E-state index is 12.0. The lowest BCUT2D eigenvalue weighted by Gasteiger charge is -2.20. The first-order valence-electron chi connectivity index (χ1n) is 19.1. The van der Waals surface area contributed by atoms with Crippen LogP contribution in [-0.4, -0.2) is 17.6 Å². The van der Waals surface area contributed by atoms with E-state index in [0.29, 0.717) is 48.4 Å². The van der Waals surface area contributed by atoms with Crippen molar-refractivity contribution in [3.8, 4) is 17.2 Å². The number of carbonyl (C=O) groups excluding carboxylic acids is 2. The number of nitrogen functional groups attached to an aromatic ring is 1. The molecular weight excluding hydrogens is 727 g/mol. The van der Waals surface area contributed by atoms with Crippen molar-refractivity contribution in [1.82, 2.24) is 0 Å². The van der Waals surface area contributed by atoms with Gasteiger partial charge in [0.05, 0.1) is 17.1 Å². The van der Waals surface area contributed by atoms with Gasteiger partial charge in [-0.25, -0.2) is 4.79 Å². The number of carbonyl (C=O) groups is 2. The summed E-state index contributed by atoms with van der Waals surface area (Å²) in [4.78, 5) is 23.1. The smallest absolute Gasteiger partial charge is 0.412 e. The van der Waals surface area contributed by atoms with E-state index in [-0.39, 0.29) is 5.91 Å². The Hall–Kier alpha value is -6.74. The third-order valence-electron chi connectivity index (χ3n) is 8.10. The molecule has 6 aromatic rings. The second kappa shape index (κ2) is 22.1. The second-order valence-electron chi connectivity index (χ2n) is 14.7. The predicted molar refractivity (Wildman–Crippen MR) is 234 cm³/mol. The van der Waals surface area contributed by atoms with Gasteiger partial charge in [0.2, 0.25) is 5.91 Å². The van der Waals surface area contributed by atoms with Crippen LogP contribution in [0.25, 0.3) is 0 Å². The molecule has 9 nitrogen and oxygen atoms in total. The van der Waals surface area contributed by atoms with Crippen molar-refractivity contribution in [3.05, 3.63) is 179 Å². The van der Waals surface area contributed by atoms with E-state index >= 15 is 0 Å². The second-order valence-corrected chi connectivity index (χ2v) is 14.7. The van der Waals surface area contributed by atoms with Gasteiger partial charge in [0.15, 0.2) is 0 Å². The molecule has 0 bridgehead atoms. The zero-order chi connectivity index (χ0) is 41.9. The van der Waals surface area contributed by atoms with Gasteiger partial charge in [-0.15, -0.1) is 0 Å². The zero-order valence-electron chi connectivity index (χ0n) is 34.5. The van der Waals surface area contributed by atoms with Gasteiger partial charge in [0.1, 0.15) is 42.7 Å². The molecule has 0 atom stereocenters. The standard InChI is InChI=1S/C19H23NO3.C16H17NO2.C14H15NO/c1-14-10-11-16(20-18(21)23-19(2,3)4)17(12-14)22-13-15-8-6-5-7-9-15;1-12-8-9-15(17-13(2)18)16(10-12)19-11-14-6-4-3-5-7-14;1-11-7-8-13(15)14(9-11)16-10-12-5-3-2-4-6-12/h5-12H,13H2,1-4H3,(H,20,21);3-10H,11H2,1-2H3,(H,17,18);2-9H,10,15H2,1H3. The number of nitrogens with one attached hydrogen (secondary N) is 2. The van der Waals surface area contributed by atoms with E-state index in [1.54, 1.807) is 0 Å². The summed E-state index contributed by atoms with van der Waals surface area (Å²) in [6.07, 6.45) is -0.495. The van der Waals surface area contributed by atoms with Crippen LogP contribution in [0.2, 0.25) is 0 Å². The first-order valence-corrected chi connectivity index (χ1v) is 19.1. The summed E-state index contributed by atoms with van der Waals surface area (Å²) >= 11 is 0. The van der Waals surface area contributed by atoms with E-state index in [9.17, 15) is 9.59 Å². The molecule has 2 amide bonds. The number of amides is 2. The van der Waals surface area contributed by atoms with Crippen LogP contribution in [0.5, 0.6) is 17.2 Å². The lowest BCUT2D eigenvalue weighted by atomic mass is 10.2. The molecule has 6 rings (SSSR count). The van der Waals surface area contributed by atoms with E-state index in [0.717, 1.165) is 39.1 Å². The number of benzene rings is 6. The number of ether oxygens (including phenoxy) is 4. The monoisotopic (exact) mass is 781 g/mol. The van der Waals surface area contributed by atoms with Gasteiger partial charge in [0, 0.05) is 6.92 Å². The van der Waals surface area contributed by atoms with Gasteiger partial charge in [-0.1, -0.05) is 109 Å². The van der Waals surface area contributed by atoms with E-state index in [1.807, 2.05) is 187 Å². The minimum atomic E-state index is -0.542. The van der Waals surface area contributed by atoms with Gasteiger partial charge >= 0.3 is 6.09 Å². The molecule has 0 heterocycles. The fraction of sp³-hybridized carbons (Fsp3) is 0.224. The Morgan fingerprint density at radius 1 is 0.517 bits per heavy atom. The van der Waals surface area contributed by atoms with Crippen molar-refractivity contribution < 1.29 is 28.5 Å². The molecule has 6 aromatic carbocycles. The molecule has 0 aliphatic rings. The maximum Gasteiger partial charge on any atom is 0.412 e. The van der Waals surface area contributed by atoms with Crippen molar-refractivity contribution in [2.75, 3.05) is 16.4 Å². The average Bonchev–Trinajstić information content (AvgIpc) is 3.19. The Balaban J connectivity index is 0.000000196. The Kier molecular flexibility index (Phi) is 16.8. The maximum atomic E-state index is 12.0. The SMILES string of the molecule is CC(=O)Nc1ccc(C)cc1OCc1ccccc1.Cc1ccc(N)c(OCc2ccccc2)c1.Cc1ccc(NC(=O)OC(C)(C)C)c(OCc2ccccc2)c1.